The van der Waals surface area contributed by atoms with Gasteiger partial charge in [0.1, 0.15) is 6.04 Å². The second-order valence-electron chi connectivity index (χ2n) is 5.05. The van der Waals surface area contributed by atoms with Crippen LogP contribution < -0.4 is 5.69 Å². The molecule has 112 valence electrons. The summed E-state index contributed by atoms with van der Waals surface area (Å²) in [5.41, 5.74) is 0.426. The Labute approximate surface area is 120 Å². The van der Waals surface area contributed by atoms with Crippen molar-refractivity contribution in [2.45, 2.75) is 19.9 Å². The van der Waals surface area contributed by atoms with E-state index in [0.717, 1.165) is 0 Å². The number of hydrogen-bond donors (Lipinski definition) is 2. The van der Waals surface area contributed by atoms with Crippen LogP contribution in [-0.2, 0) is 9.53 Å². The minimum Gasteiger partial charge on any atom is -0.478 e. The first-order valence-corrected chi connectivity index (χ1v) is 6.42. The van der Waals surface area contributed by atoms with Crippen molar-refractivity contribution in [1.82, 2.24) is 9.55 Å². The average Bonchev–Trinajstić information content (AvgIpc) is 2.74. The third-order valence-corrected chi connectivity index (χ3v) is 3.32. The smallest absolute Gasteiger partial charge is 0.335 e. The first-order chi connectivity index (χ1) is 9.86. The number of nitrogens with zero attached hydrogens (tertiary/aromatic N) is 1. The van der Waals surface area contributed by atoms with E-state index in [9.17, 15) is 14.4 Å². The number of carboxylic acids is 1. The van der Waals surface area contributed by atoms with Crippen LogP contribution in [0, 0.1) is 5.92 Å². The van der Waals surface area contributed by atoms with Gasteiger partial charge in [-0.1, -0.05) is 13.8 Å². The van der Waals surface area contributed by atoms with Gasteiger partial charge in [0.15, 0.2) is 0 Å². The van der Waals surface area contributed by atoms with Crippen molar-refractivity contribution in [3.8, 4) is 0 Å². The third-order valence-electron chi connectivity index (χ3n) is 3.32. The largest absolute Gasteiger partial charge is 0.478 e. The number of esters is 1. The number of hydrogen-bond acceptors (Lipinski definition) is 4. The molecule has 1 atom stereocenters. The molecule has 21 heavy (non-hydrogen) atoms. The van der Waals surface area contributed by atoms with Gasteiger partial charge in [-0.05, 0) is 24.1 Å². The van der Waals surface area contributed by atoms with Gasteiger partial charge in [-0.15, -0.1) is 0 Å². The van der Waals surface area contributed by atoms with Gasteiger partial charge in [0.2, 0.25) is 0 Å². The van der Waals surface area contributed by atoms with Gasteiger partial charge in [-0.3, -0.25) is 4.57 Å². The highest BCUT2D eigenvalue weighted by Gasteiger charge is 2.28. The summed E-state index contributed by atoms with van der Waals surface area (Å²) in [4.78, 5) is 37.6. The molecule has 1 heterocycles. The van der Waals surface area contributed by atoms with E-state index < -0.39 is 23.7 Å². The zero-order valence-corrected chi connectivity index (χ0v) is 11.9. The number of methoxy groups -OCH3 is 1. The van der Waals surface area contributed by atoms with E-state index in [0.29, 0.717) is 11.0 Å². The molecule has 2 rings (SSSR count). The molecule has 1 aromatic heterocycles. The maximum Gasteiger partial charge on any atom is 0.335 e. The van der Waals surface area contributed by atoms with Crippen LogP contribution in [0.2, 0.25) is 0 Å². The lowest BCUT2D eigenvalue weighted by molar-refractivity contribution is -0.146. The van der Waals surface area contributed by atoms with Crippen LogP contribution in [0.15, 0.2) is 23.0 Å². The van der Waals surface area contributed by atoms with Crippen LogP contribution in [0.1, 0.15) is 30.2 Å². The zero-order valence-electron chi connectivity index (χ0n) is 11.9. The van der Waals surface area contributed by atoms with Crippen molar-refractivity contribution in [1.29, 1.82) is 0 Å². The minimum atomic E-state index is -1.08. The number of carbonyl (C=O) groups excluding carboxylic acids is 1. The molecule has 0 spiro atoms. The molecular formula is C14H16N2O5. The minimum absolute atomic E-state index is 0.0649. The maximum atomic E-state index is 12.1. The van der Waals surface area contributed by atoms with E-state index >= 15 is 0 Å². The summed E-state index contributed by atoms with van der Waals surface area (Å²) in [6, 6.07) is 3.49. The fourth-order valence-electron chi connectivity index (χ4n) is 2.34. The molecular weight excluding hydrogens is 276 g/mol. The van der Waals surface area contributed by atoms with Gasteiger partial charge < -0.3 is 14.8 Å². The lowest BCUT2D eigenvalue weighted by atomic mass is 10.0. The van der Waals surface area contributed by atoms with Crippen molar-refractivity contribution in [2.24, 2.45) is 5.92 Å². The predicted molar refractivity (Wildman–Crippen MR) is 75.4 cm³/mol. The Balaban J connectivity index is 2.68. The number of benzene rings is 1. The van der Waals surface area contributed by atoms with Crippen LogP contribution in [0.25, 0.3) is 11.0 Å². The molecule has 2 aromatic rings. The highest BCUT2D eigenvalue weighted by molar-refractivity contribution is 5.92. The molecule has 0 fully saturated rings. The monoisotopic (exact) mass is 292 g/mol. The molecule has 1 unspecified atom stereocenters. The van der Waals surface area contributed by atoms with E-state index in [-0.39, 0.29) is 11.5 Å². The third kappa shape index (κ3) is 2.54. The van der Waals surface area contributed by atoms with E-state index in [1.807, 2.05) is 0 Å². The number of H-pyrrole nitrogens is 1. The van der Waals surface area contributed by atoms with Crippen molar-refractivity contribution >= 4 is 23.0 Å². The quantitative estimate of drug-likeness (QED) is 0.829. The molecule has 1 aromatic carbocycles. The Morgan fingerprint density at radius 1 is 1.33 bits per heavy atom. The van der Waals surface area contributed by atoms with Gasteiger partial charge in [-0.2, -0.15) is 0 Å². The molecule has 0 amide bonds. The number of aromatic carboxylic acids is 1. The lowest BCUT2D eigenvalue weighted by Crippen LogP contribution is -2.32. The number of ether oxygens (including phenoxy) is 1. The maximum absolute atomic E-state index is 12.1. The number of rotatable bonds is 4. The second kappa shape index (κ2) is 5.43. The van der Waals surface area contributed by atoms with E-state index in [4.69, 9.17) is 9.84 Å². The van der Waals surface area contributed by atoms with E-state index in [1.165, 1.54) is 29.9 Å². The number of nitrogens with one attached hydrogen (secondary N) is 1. The summed E-state index contributed by atoms with van der Waals surface area (Å²) in [6.45, 7) is 3.61. The summed E-state index contributed by atoms with van der Waals surface area (Å²) >= 11 is 0. The van der Waals surface area contributed by atoms with Crippen molar-refractivity contribution in [3.63, 3.8) is 0 Å². The summed E-state index contributed by atoms with van der Waals surface area (Å²) in [5, 5.41) is 8.97. The average molecular weight is 292 g/mol. The molecule has 0 aliphatic heterocycles. The van der Waals surface area contributed by atoms with Crippen LogP contribution in [0.4, 0.5) is 0 Å². The van der Waals surface area contributed by atoms with E-state index in [1.54, 1.807) is 13.8 Å². The van der Waals surface area contributed by atoms with Gasteiger partial charge in [0.05, 0.1) is 23.7 Å². The number of aromatic amines is 1. The molecule has 0 saturated carbocycles. The first-order valence-electron chi connectivity index (χ1n) is 6.42. The fraction of sp³-hybridized carbons (Fsp3) is 0.357. The Kier molecular flexibility index (Phi) is 3.84. The summed E-state index contributed by atoms with van der Waals surface area (Å²) in [7, 11) is 1.26. The number of carboxylic acid groups (broad SMARTS) is 1. The Hall–Kier alpha value is -2.57. The second-order valence-corrected chi connectivity index (χ2v) is 5.05. The van der Waals surface area contributed by atoms with Crippen molar-refractivity contribution < 1.29 is 19.4 Å². The van der Waals surface area contributed by atoms with Crippen LogP contribution >= 0.6 is 0 Å². The summed E-state index contributed by atoms with van der Waals surface area (Å²) in [6.07, 6.45) is 0. The molecule has 2 N–H and O–H groups in total. The number of carbonyl (C=O) groups is 2. The SMILES string of the molecule is COC(=O)C(C(C)C)n1c(=O)[nH]c2cc(C(=O)O)ccc21. The molecule has 7 nitrogen and oxygen atoms in total. The van der Waals surface area contributed by atoms with E-state index in [2.05, 4.69) is 4.98 Å². The van der Waals surface area contributed by atoms with Gasteiger partial charge in [0, 0.05) is 0 Å². The summed E-state index contributed by atoms with van der Waals surface area (Å²) in [5.74, 6) is -1.76. The van der Waals surface area contributed by atoms with Gasteiger partial charge in [-0.25, -0.2) is 14.4 Å². The first kappa shape index (κ1) is 14.8. The Bertz CT molecular complexity index is 756. The van der Waals surface area contributed by atoms with Crippen LogP contribution in [0.3, 0.4) is 0 Å². The van der Waals surface area contributed by atoms with Crippen molar-refractivity contribution in [2.75, 3.05) is 7.11 Å². The number of fused-ring (bicyclic) bond motifs is 1. The van der Waals surface area contributed by atoms with Crippen molar-refractivity contribution in [3.05, 3.63) is 34.2 Å². The highest BCUT2D eigenvalue weighted by Crippen LogP contribution is 2.23. The molecule has 0 aliphatic carbocycles. The Morgan fingerprint density at radius 2 is 2.00 bits per heavy atom. The molecule has 0 bridgehead atoms. The van der Waals surface area contributed by atoms with Crippen LogP contribution in [-0.4, -0.2) is 33.7 Å². The lowest BCUT2D eigenvalue weighted by Gasteiger charge is -2.19. The van der Waals surface area contributed by atoms with Gasteiger partial charge >= 0.3 is 17.6 Å². The van der Waals surface area contributed by atoms with Gasteiger partial charge in [0.25, 0.3) is 0 Å². The zero-order chi connectivity index (χ0) is 15.7. The molecule has 0 saturated heterocycles. The standard InChI is InChI=1S/C14H16N2O5/c1-7(2)11(13(19)21-3)16-10-5-4-8(12(17)18)6-9(10)15-14(16)20/h4-7,11H,1-3H3,(H,15,20)(H,17,18). The predicted octanol–water partition coefficient (Wildman–Crippen LogP) is 1.40. The molecule has 7 heteroatoms. The molecule has 0 radical (unpaired) electrons. The number of aromatic nitrogens is 2. The molecule has 0 aliphatic rings. The number of imidazole rings is 1. The topological polar surface area (TPSA) is 101 Å². The highest BCUT2D eigenvalue weighted by atomic mass is 16.5. The van der Waals surface area contributed by atoms with Crippen LogP contribution in [0.5, 0.6) is 0 Å². The summed E-state index contributed by atoms with van der Waals surface area (Å²) < 4.78 is 6.06. The fourth-order valence-corrected chi connectivity index (χ4v) is 2.34. The Morgan fingerprint density at radius 3 is 2.52 bits per heavy atom. The normalized spacial score (nSPS) is 12.6.